The van der Waals surface area contributed by atoms with Gasteiger partial charge in [-0.05, 0) is 50.9 Å². The molecule has 2 amide bonds. The van der Waals surface area contributed by atoms with Crippen LogP contribution in [0.3, 0.4) is 0 Å². The van der Waals surface area contributed by atoms with Crippen molar-refractivity contribution in [2.75, 3.05) is 46.2 Å². The predicted molar refractivity (Wildman–Crippen MR) is 117 cm³/mol. The first-order valence-corrected chi connectivity index (χ1v) is 10.9. The molecule has 3 rings (SSSR count). The molecule has 1 aromatic rings. The molecule has 2 aliphatic rings. The lowest BCUT2D eigenvalue weighted by Gasteiger charge is -2.34. The summed E-state index contributed by atoms with van der Waals surface area (Å²) in [5, 5.41) is 2.96. The summed E-state index contributed by atoms with van der Waals surface area (Å²) in [6.07, 6.45) is 2.90. The number of nitrogens with zero attached hydrogens (tertiary/aromatic N) is 2. The monoisotopic (exact) mass is 417 g/mol. The average Bonchev–Trinajstić information content (AvgIpc) is 2.67. The first kappa shape index (κ1) is 22.6. The molecule has 0 bridgehead atoms. The minimum Gasteiger partial charge on any atom is -0.491 e. The van der Waals surface area contributed by atoms with Crippen molar-refractivity contribution in [2.45, 2.75) is 45.3 Å². The van der Waals surface area contributed by atoms with E-state index in [9.17, 15) is 9.59 Å². The minimum atomic E-state index is -0.138. The van der Waals surface area contributed by atoms with Gasteiger partial charge in [0, 0.05) is 44.9 Å². The maximum Gasteiger partial charge on any atom is 0.257 e. The van der Waals surface area contributed by atoms with E-state index in [0.717, 1.165) is 25.8 Å². The van der Waals surface area contributed by atoms with Crippen LogP contribution in [0.5, 0.6) is 5.75 Å². The second-order valence-corrected chi connectivity index (χ2v) is 8.86. The van der Waals surface area contributed by atoms with Gasteiger partial charge in [0.2, 0.25) is 5.91 Å². The average molecular weight is 418 g/mol. The topological polar surface area (TPSA) is 71.1 Å². The van der Waals surface area contributed by atoms with Gasteiger partial charge in [-0.3, -0.25) is 14.5 Å². The van der Waals surface area contributed by atoms with Crippen molar-refractivity contribution < 1.29 is 19.1 Å². The second-order valence-electron chi connectivity index (χ2n) is 8.86. The standard InChI is InChI=1S/C23H35N3O4/c1-15-12-25(3)16(2)14-30-20-10-9-18(24-22(27)17-7-6-8-17)11-19(20)23(28)26(4)13-21(15)29-5/h9-11,15-17,21H,6-8,12-14H2,1-5H3,(H,24,27)/t15-,16-,21+/m1/s1. The number of rotatable bonds is 3. The summed E-state index contributed by atoms with van der Waals surface area (Å²) < 4.78 is 11.8. The van der Waals surface area contributed by atoms with Gasteiger partial charge in [0.15, 0.2) is 0 Å². The van der Waals surface area contributed by atoms with Crippen molar-refractivity contribution in [2.24, 2.45) is 11.8 Å². The van der Waals surface area contributed by atoms with Gasteiger partial charge in [0.1, 0.15) is 12.4 Å². The third-order valence-electron chi connectivity index (χ3n) is 6.50. The molecule has 1 aliphatic heterocycles. The SMILES string of the molecule is CO[C@H]1CN(C)C(=O)c2cc(NC(=O)C3CCC3)ccc2OC[C@@H](C)N(C)C[C@H]1C. The van der Waals surface area contributed by atoms with Gasteiger partial charge < -0.3 is 19.7 Å². The molecule has 3 atom stereocenters. The van der Waals surface area contributed by atoms with Crippen LogP contribution in [0.15, 0.2) is 18.2 Å². The van der Waals surface area contributed by atoms with Crippen molar-refractivity contribution in [1.82, 2.24) is 9.80 Å². The molecule has 0 aromatic heterocycles. The Morgan fingerprint density at radius 3 is 2.57 bits per heavy atom. The molecule has 30 heavy (non-hydrogen) atoms. The summed E-state index contributed by atoms with van der Waals surface area (Å²) in [4.78, 5) is 29.6. The predicted octanol–water partition coefficient (Wildman–Crippen LogP) is 2.86. The summed E-state index contributed by atoms with van der Waals surface area (Å²) in [6, 6.07) is 5.51. The highest BCUT2D eigenvalue weighted by atomic mass is 16.5. The van der Waals surface area contributed by atoms with Crippen LogP contribution in [0.2, 0.25) is 0 Å². The molecular weight excluding hydrogens is 382 g/mol. The van der Waals surface area contributed by atoms with Gasteiger partial charge in [0.25, 0.3) is 5.91 Å². The number of nitrogens with one attached hydrogen (secondary N) is 1. The first-order chi connectivity index (χ1) is 14.3. The molecule has 0 radical (unpaired) electrons. The highest BCUT2D eigenvalue weighted by Gasteiger charge is 2.28. The van der Waals surface area contributed by atoms with Gasteiger partial charge >= 0.3 is 0 Å². The number of ether oxygens (including phenoxy) is 2. The number of likely N-dealkylation sites (N-methyl/N-ethyl adjacent to an activating group) is 2. The lowest BCUT2D eigenvalue weighted by atomic mass is 9.85. The molecule has 0 unspecified atom stereocenters. The molecule has 7 heteroatoms. The zero-order valence-electron chi connectivity index (χ0n) is 18.8. The Kier molecular flexibility index (Phi) is 7.36. The lowest BCUT2D eigenvalue weighted by Crippen LogP contribution is -2.45. The van der Waals surface area contributed by atoms with E-state index in [0.29, 0.717) is 30.2 Å². The maximum atomic E-state index is 13.3. The molecule has 1 heterocycles. The summed E-state index contributed by atoms with van der Waals surface area (Å²) in [7, 11) is 5.56. The van der Waals surface area contributed by atoms with Gasteiger partial charge in [-0.2, -0.15) is 0 Å². The summed E-state index contributed by atoms with van der Waals surface area (Å²) in [5.74, 6) is 0.766. The largest absolute Gasteiger partial charge is 0.491 e. The molecule has 1 N–H and O–H groups in total. The first-order valence-electron chi connectivity index (χ1n) is 10.9. The van der Waals surface area contributed by atoms with Crippen LogP contribution >= 0.6 is 0 Å². The van der Waals surface area contributed by atoms with Crippen LogP contribution in [0.1, 0.15) is 43.5 Å². The van der Waals surface area contributed by atoms with Gasteiger partial charge in [0.05, 0.1) is 11.7 Å². The van der Waals surface area contributed by atoms with E-state index in [1.807, 2.05) is 6.07 Å². The van der Waals surface area contributed by atoms with Crippen LogP contribution in [0.4, 0.5) is 5.69 Å². The van der Waals surface area contributed by atoms with E-state index in [1.165, 1.54) is 0 Å². The lowest BCUT2D eigenvalue weighted by molar-refractivity contribution is -0.122. The van der Waals surface area contributed by atoms with Crippen LogP contribution in [-0.4, -0.2) is 74.7 Å². The highest BCUT2D eigenvalue weighted by Crippen LogP contribution is 2.30. The molecule has 1 aromatic carbocycles. The third kappa shape index (κ3) is 5.13. The molecular formula is C23H35N3O4. The quantitative estimate of drug-likeness (QED) is 0.819. The summed E-state index contributed by atoms with van der Waals surface area (Å²) >= 11 is 0. The number of methoxy groups -OCH3 is 1. The number of carbonyl (C=O) groups excluding carboxylic acids is 2. The van der Waals surface area contributed by atoms with Crippen LogP contribution < -0.4 is 10.1 Å². The van der Waals surface area contributed by atoms with E-state index < -0.39 is 0 Å². The number of hydrogen-bond acceptors (Lipinski definition) is 5. The molecule has 1 fully saturated rings. The van der Waals surface area contributed by atoms with E-state index in [2.05, 4.69) is 31.1 Å². The van der Waals surface area contributed by atoms with Gasteiger partial charge in [-0.1, -0.05) is 13.3 Å². The van der Waals surface area contributed by atoms with E-state index in [1.54, 1.807) is 31.2 Å². The van der Waals surface area contributed by atoms with Gasteiger partial charge in [-0.25, -0.2) is 0 Å². The van der Waals surface area contributed by atoms with Crippen molar-refractivity contribution in [3.05, 3.63) is 23.8 Å². The molecule has 166 valence electrons. The van der Waals surface area contributed by atoms with Crippen LogP contribution in [0.25, 0.3) is 0 Å². The van der Waals surface area contributed by atoms with Crippen LogP contribution in [-0.2, 0) is 9.53 Å². The van der Waals surface area contributed by atoms with E-state index in [-0.39, 0.29) is 35.8 Å². The van der Waals surface area contributed by atoms with Crippen LogP contribution in [0, 0.1) is 11.8 Å². The molecule has 7 nitrogen and oxygen atoms in total. The van der Waals surface area contributed by atoms with Gasteiger partial charge in [-0.15, -0.1) is 0 Å². The molecule has 0 spiro atoms. The van der Waals surface area contributed by atoms with Crippen molar-refractivity contribution >= 4 is 17.5 Å². The normalized spacial score (nSPS) is 26.6. The minimum absolute atomic E-state index is 0.0274. The second kappa shape index (κ2) is 9.79. The fourth-order valence-electron chi connectivity index (χ4n) is 3.95. The summed E-state index contributed by atoms with van der Waals surface area (Å²) in [5.41, 5.74) is 1.09. The Balaban J connectivity index is 1.88. The number of benzene rings is 1. The highest BCUT2D eigenvalue weighted by molar-refractivity contribution is 5.99. The van der Waals surface area contributed by atoms with Crippen molar-refractivity contribution in [3.63, 3.8) is 0 Å². The third-order valence-corrected chi connectivity index (χ3v) is 6.50. The number of amides is 2. The van der Waals surface area contributed by atoms with E-state index in [4.69, 9.17) is 9.47 Å². The Hall–Kier alpha value is -2.12. The molecule has 1 saturated carbocycles. The number of hydrogen-bond donors (Lipinski definition) is 1. The molecule has 0 saturated heterocycles. The number of fused-ring (bicyclic) bond motifs is 1. The Labute approximate surface area is 179 Å². The smallest absolute Gasteiger partial charge is 0.257 e. The fourth-order valence-corrected chi connectivity index (χ4v) is 3.95. The number of carbonyl (C=O) groups is 2. The van der Waals surface area contributed by atoms with Crippen molar-refractivity contribution in [1.29, 1.82) is 0 Å². The van der Waals surface area contributed by atoms with Crippen molar-refractivity contribution in [3.8, 4) is 5.75 Å². The fraction of sp³-hybridized carbons (Fsp3) is 0.652. The van der Waals surface area contributed by atoms with E-state index >= 15 is 0 Å². The Morgan fingerprint density at radius 1 is 1.20 bits per heavy atom. The number of anilines is 1. The zero-order chi connectivity index (χ0) is 21.8. The summed E-state index contributed by atoms with van der Waals surface area (Å²) in [6.45, 7) is 6.06. The maximum absolute atomic E-state index is 13.3. The Morgan fingerprint density at radius 2 is 1.93 bits per heavy atom. The zero-order valence-corrected chi connectivity index (χ0v) is 18.8. The molecule has 1 aliphatic carbocycles. The Bertz CT molecular complexity index is 765.